The molecule has 0 radical (unpaired) electrons. The van der Waals surface area contributed by atoms with Crippen molar-refractivity contribution in [3.8, 4) is 0 Å². The summed E-state index contributed by atoms with van der Waals surface area (Å²) in [6, 6.07) is 7.84. The van der Waals surface area contributed by atoms with Crippen LogP contribution >= 0.6 is 0 Å². The van der Waals surface area contributed by atoms with Crippen LogP contribution in [0.4, 0.5) is 4.79 Å². The van der Waals surface area contributed by atoms with Gasteiger partial charge in [-0.05, 0) is 44.0 Å². The van der Waals surface area contributed by atoms with Gasteiger partial charge in [0.15, 0.2) is 0 Å². The molecule has 2 amide bonds. The number of aromatic nitrogens is 1. The fourth-order valence-corrected chi connectivity index (χ4v) is 2.39. The largest absolute Gasteiger partial charge is 0.469 e. The fraction of sp³-hybridized carbons (Fsp3) is 0.444. The van der Waals surface area contributed by atoms with E-state index in [1.165, 1.54) is 0 Å². The van der Waals surface area contributed by atoms with Gasteiger partial charge in [-0.15, -0.1) is 0 Å². The average Bonchev–Trinajstić information content (AvgIpc) is 3.06. The van der Waals surface area contributed by atoms with Gasteiger partial charge in [0.25, 0.3) is 0 Å². The number of hydrogen-bond acceptors (Lipinski definition) is 3. The Balaban J connectivity index is 1.74. The zero-order valence-corrected chi connectivity index (χ0v) is 14.1. The molecule has 0 saturated heterocycles. The number of furan rings is 1. The molecule has 0 saturated carbocycles. The van der Waals surface area contributed by atoms with Crippen molar-refractivity contribution in [2.45, 2.75) is 39.2 Å². The van der Waals surface area contributed by atoms with E-state index in [0.717, 1.165) is 36.3 Å². The van der Waals surface area contributed by atoms with Crippen LogP contribution < -0.4 is 5.32 Å². The number of nitrogens with zero attached hydrogens (tertiary/aromatic N) is 2. The lowest BCUT2D eigenvalue weighted by molar-refractivity contribution is 0.193. The molecule has 0 aromatic carbocycles. The average molecular weight is 315 g/mol. The summed E-state index contributed by atoms with van der Waals surface area (Å²) in [5.74, 6) is 0.951. The smallest absolute Gasteiger partial charge is 0.317 e. The topological polar surface area (TPSA) is 58.4 Å². The summed E-state index contributed by atoms with van der Waals surface area (Å²) in [4.78, 5) is 18.3. The van der Waals surface area contributed by atoms with Gasteiger partial charge in [0, 0.05) is 44.4 Å². The van der Waals surface area contributed by atoms with Crippen molar-refractivity contribution in [2.24, 2.45) is 0 Å². The summed E-state index contributed by atoms with van der Waals surface area (Å²) in [5.41, 5.74) is 2.20. The van der Waals surface area contributed by atoms with Gasteiger partial charge in [-0.3, -0.25) is 4.98 Å². The Kier molecular flexibility index (Phi) is 6.20. The van der Waals surface area contributed by atoms with E-state index in [4.69, 9.17) is 4.42 Å². The molecule has 5 heteroatoms. The lowest BCUT2D eigenvalue weighted by Crippen LogP contribution is -2.43. The molecule has 0 fully saturated rings. The molecule has 0 spiro atoms. The minimum absolute atomic E-state index is 0.0504. The Morgan fingerprint density at radius 1 is 1.39 bits per heavy atom. The molecule has 1 atom stereocenters. The molecule has 2 aromatic rings. The first-order valence-corrected chi connectivity index (χ1v) is 8.01. The molecule has 23 heavy (non-hydrogen) atoms. The normalized spacial score (nSPS) is 12.0. The zero-order valence-electron chi connectivity index (χ0n) is 14.1. The molecule has 0 aliphatic carbocycles. The Hall–Kier alpha value is -2.30. The van der Waals surface area contributed by atoms with Crippen LogP contribution in [0.15, 0.2) is 41.1 Å². The second-order valence-corrected chi connectivity index (χ2v) is 5.85. The zero-order chi connectivity index (χ0) is 16.7. The van der Waals surface area contributed by atoms with Gasteiger partial charge < -0.3 is 14.6 Å². The molecule has 0 aliphatic rings. The first-order chi connectivity index (χ1) is 11.1. The van der Waals surface area contributed by atoms with Crippen LogP contribution in [0.5, 0.6) is 0 Å². The fourth-order valence-electron chi connectivity index (χ4n) is 2.39. The third kappa shape index (κ3) is 5.13. The number of hydrogen-bond donors (Lipinski definition) is 1. The highest BCUT2D eigenvalue weighted by atomic mass is 16.3. The van der Waals surface area contributed by atoms with E-state index in [1.807, 2.05) is 45.2 Å². The molecule has 5 nitrogen and oxygen atoms in total. The van der Waals surface area contributed by atoms with Crippen LogP contribution in [-0.4, -0.2) is 35.5 Å². The van der Waals surface area contributed by atoms with E-state index in [9.17, 15) is 4.79 Å². The number of carbonyl (C=O) groups is 1. The minimum Gasteiger partial charge on any atom is -0.469 e. The molecular weight excluding hydrogens is 290 g/mol. The molecule has 0 aliphatic heterocycles. The summed E-state index contributed by atoms with van der Waals surface area (Å²) < 4.78 is 5.27. The third-order valence-corrected chi connectivity index (χ3v) is 4.04. The number of amides is 2. The van der Waals surface area contributed by atoms with Gasteiger partial charge in [-0.2, -0.15) is 0 Å². The first kappa shape index (κ1) is 17.1. The van der Waals surface area contributed by atoms with E-state index >= 15 is 0 Å². The molecule has 1 N–H and O–H groups in total. The van der Waals surface area contributed by atoms with Crippen LogP contribution in [0.3, 0.4) is 0 Å². The highest BCUT2D eigenvalue weighted by molar-refractivity contribution is 5.74. The van der Waals surface area contributed by atoms with Crippen LogP contribution in [0.25, 0.3) is 0 Å². The van der Waals surface area contributed by atoms with Crippen molar-refractivity contribution < 1.29 is 9.21 Å². The molecular formula is C18H25N3O2. The maximum absolute atomic E-state index is 12.2. The Labute approximate surface area is 137 Å². The number of pyridine rings is 1. The molecule has 0 bridgehead atoms. The quantitative estimate of drug-likeness (QED) is 0.798. The molecule has 2 aromatic heterocycles. The lowest BCUT2D eigenvalue weighted by Gasteiger charge is -2.25. The summed E-state index contributed by atoms with van der Waals surface area (Å²) >= 11 is 0. The van der Waals surface area contributed by atoms with E-state index < -0.39 is 0 Å². The SMILES string of the molecule is Cc1cccnc1C[C@@H](C)N(C)C(=O)NCCCc1ccco1. The van der Waals surface area contributed by atoms with Crippen LogP contribution in [-0.2, 0) is 12.8 Å². The second kappa shape index (κ2) is 8.36. The van der Waals surface area contributed by atoms with Crippen molar-refractivity contribution in [1.82, 2.24) is 15.2 Å². The minimum atomic E-state index is -0.0504. The number of carbonyl (C=O) groups excluding carboxylic acids is 1. The predicted octanol–water partition coefficient (Wildman–Crippen LogP) is 3.19. The van der Waals surface area contributed by atoms with Crippen LogP contribution in [0, 0.1) is 6.92 Å². The summed E-state index contributed by atoms with van der Waals surface area (Å²) in [5, 5.41) is 2.95. The molecule has 0 unspecified atom stereocenters. The summed E-state index contributed by atoms with van der Waals surface area (Å²) in [6.45, 7) is 4.72. The van der Waals surface area contributed by atoms with Gasteiger partial charge >= 0.3 is 6.03 Å². The second-order valence-electron chi connectivity index (χ2n) is 5.85. The van der Waals surface area contributed by atoms with Crippen molar-refractivity contribution in [3.05, 3.63) is 53.7 Å². The Bertz CT molecular complexity index is 610. The van der Waals surface area contributed by atoms with E-state index in [-0.39, 0.29) is 12.1 Å². The number of urea groups is 1. The number of aryl methyl sites for hydroxylation is 2. The van der Waals surface area contributed by atoms with Crippen molar-refractivity contribution in [2.75, 3.05) is 13.6 Å². The number of nitrogens with one attached hydrogen (secondary N) is 1. The van der Waals surface area contributed by atoms with Crippen molar-refractivity contribution in [3.63, 3.8) is 0 Å². The Morgan fingerprint density at radius 3 is 2.91 bits per heavy atom. The number of rotatable bonds is 7. The predicted molar refractivity (Wildman–Crippen MR) is 90.3 cm³/mol. The summed E-state index contributed by atoms with van der Waals surface area (Å²) in [6.07, 6.45) is 5.91. The van der Waals surface area contributed by atoms with Gasteiger partial charge in [0.05, 0.1) is 6.26 Å². The van der Waals surface area contributed by atoms with Gasteiger partial charge in [0.2, 0.25) is 0 Å². The standard InChI is InChI=1S/C18H25N3O2/c1-14-7-4-10-19-17(14)13-15(2)21(3)18(22)20-11-5-8-16-9-6-12-23-16/h4,6-7,9-10,12,15H,5,8,11,13H2,1-3H3,(H,20,22)/t15-/m1/s1. The lowest BCUT2D eigenvalue weighted by atomic mass is 10.1. The third-order valence-electron chi connectivity index (χ3n) is 4.04. The number of likely N-dealkylation sites (N-methyl/N-ethyl adjacent to an activating group) is 1. The highest BCUT2D eigenvalue weighted by Gasteiger charge is 2.16. The first-order valence-electron chi connectivity index (χ1n) is 8.01. The van der Waals surface area contributed by atoms with Crippen molar-refractivity contribution in [1.29, 1.82) is 0 Å². The maximum atomic E-state index is 12.2. The van der Waals surface area contributed by atoms with Gasteiger partial charge in [0.1, 0.15) is 5.76 Å². The Morgan fingerprint density at radius 2 is 2.22 bits per heavy atom. The van der Waals surface area contributed by atoms with Gasteiger partial charge in [-0.1, -0.05) is 6.07 Å². The van der Waals surface area contributed by atoms with E-state index in [1.54, 1.807) is 17.4 Å². The molecule has 124 valence electrons. The van der Waals surface area contributed by atoms with E-state index in [0.29, 0.717) is 6.54 Å². The van der Waals surface area contributed by atoms with Crippen LogP contribution in [0.1, 0.15) is 30.4 Å². The summed E-state index contributed by atoms with van der Waals surface area (Å²) in [7, 11) is 1.82. The monoisotopic (exact) mass is 315 g/mol. The van der Waals surface area contributed by atoms with Crippen molar-refractivity contribution >= 4 is 6.03 Å². The van der Waals surface area contributed by atoms with Crippen LogP contribution in [0.2, 0.25) is 0 Å². The molecule has 2 rings (SSSR count). The highest BCUT2D eigenvalue weighted by Crippen LogP contribution is 2.10. The van der Waals surface area contributed by atoms with Gasteiger partial charge in [-0.25, -0.2) is 4.79 Å². The van der Waals surface area contributed by atoms with E-state index in [2.05, 4.69) is 10.3 Å². The maximum Gasteiger partial charge on any atom is 0.317 e. The molecule has 2 heterocycles.